The van der Waals surface area contributed by atoms with Gasteiger partial charge in [0.1, 0.15) is 0 Å². The van der Waals surface area contributed by atoms with Crippen molar-refractivity contribution in [2.45, 2.75) is 31.2 Å². The lowest BCUT2D eigenvalue weighted by atomic mass is 10.2. The summed E-state index contributed by atoms with van der Waals surface area (Å²) in [6.07, 6.45) is 2.17. The molecule has 0 saturated heterocycles. The smallest absolute Gasteiger partial charge is 0.339 e. The molecule has 1 aromatic carbocycles. The fraction of sp³-hybridized carbons (Fsp3) is 0.400. The van der Waals surface area contributed by atoms with E-state index >= 15 is 0 Å². The first kappa shape index (κ1) is 18.8. The molecule has 8 heteroatoms. The molecule has 2 N–H and O–H groups in total. The summed E-state index contributed by atoms with van der Waals surface area (Å²) in [5.41, 5.74) is 0.130. The number of hydrogen-bond acceptors (Lipinski definition) is 5. The molecule has 1 rings (SSSR count). The number of rotatable bonds is 6. The standard InChI is InChI=1S/C15H20N2O5S/c1-4-10(2)16-15(20)17-13(18)9-22-14(19)11-7-5-6-8-12(11)23(3)21/h5-8,10H,4,9H2,1-3H3,(H2,16,17,18,20)/t10-,23-/m0/s1. The van der Waals surface area contributed by atoms with Gasteiger partial charge >= 0.3 is 12.0 Å². The predicted octanol–water partition coefficient (Wildman–Crippen LogP) is 1.21. The van der Waals surface area contributed by atoms with Crippen LogP contribution in [-0.4, -0.2) is 41.0 Å². The monoisotopic (exact) mass is 340 g/mol. The lowest BCUT2D eigenvalue weighted by Crippen LogP contribution is -2.44. The molecular weight excluding hydrogens is 320 g/mol. The van der Waals surface area contributed by atoms with Crippen molar-refractivity contribution >= 4 is 28.7 Å². The largest absolute Gasteiger partial charge is 0.452 e. The van der Waals surface area contributed by atoms with Gasteiger partial charge in [0.25, 0.3) is 5.91 Å². The van der Waals surface area contributed by atoms with Crippen molar-refractivity contribution in [3.05, 3.63) is 29.8 Å². The van der Waals surface area contributed by atoms with Gasteiger partial charge in [-0.3, -0.25) is 14.3 Å². The van der Waals surface area contributed by atoms with Crippen LogP contribution in [-0.2, 0) is 20.3 Å². The van der Waals surface area contributed by atoms with Gasteiger partial charge in [-0.1, -0.05) is 19.1 Å². The van der Waals surface area contributed by atoms with Gasteiger partial charge in [-0.2, -0.15) is 0 Å². The molecular formula is C15H20N2O5S. The SMILES string of the molecule is CC[C@H](C)NC(=O)NC(=O)COC(=O)c1ccccc1[S@](C)=O. The van der Waals surface area contributed by atoms with E-state index in [-0.39, 0.29) is 11.6 Å². The Bertz CT molecular complexity index is 618. The van der Waals surface area contributed by atoms with E-state index in [0.29, 0.717) is 4.90 Å². The summed E-state index contributed by atoms with van der Waals surface area (Å²) in [5.74, 6) is -1.51. The second-order valence-corrected chi connectivity index (χ2v) is 6.21. The van der Waals surface area contributed by atoms with E-state index in [9.17, 15) is 18.6 Å². The number of esters is 1. The predicted molar refractivity (Wildman–Crippen MR) is 85.5 cm³/mol. The van der Waals surface area contributed by atoms with E-state index in [1.807, 2.05) is 6.92 Å². The van der Waals surface area contributed by atoms with Gasteiger partial charge in [-0.15, -0.1) is 0 Å². The third-order valence-corrected chi connectivity index (χ3v) is 3.97. The van der Waals surface area contributed by atoms with E-state index in [4.69, 9.17) is 4.74 Å². The molecule has 0 heterocycles. The molecule has 2 atom stereocenters. The molecule has 7 nitrogen and oxygen atoms in total. The molecule has 3 amide bonds. The summed E-state index contributed by atoms with van der Waals surface area (Å²) >= 11 is 0. The first-order chi connectivity index (χ1) is 10.8. The maximum absolute atomic E-state index is 11.9. The number of benzene rings is 1. The summed E-state index contributed by atoms with van der Waals surface area (Å²) in [4.78, 5) is 35.3. The molecule has 0 spiro atoms. The second kappa shape index (κ2) is 9.04. The Morgan fingerprint density at radius 3 is 2.52 bits per heavy atom. The number of amides is 3. The van der Waals surface area contributed by atoms with Crippen molar-refractivity contribution in [2.75, 3.05) is 12.9 Å². The molecule has 0 bridgehead atoms. The fourth-order valence-electron chi connectivity index (χ4n) is 1.62. The van der Waals surface area contributed by atoms with Crippen LogP contribution in [0.15, 0.2) is 29.2 Å². The number of imide groups is 1. The lowest BCUT2D eigenvalue weighted by molar-refractivity contribution is -0.123. The topological polar surface area (TPSA) is 102 Å². The average molecular weight is 340 g/mol. The third kappa shape index (κ3) is 6.19. The zero-order valence-electron chi connectivity index (χ0n) is 13.3. The van der Waals surface area contributed by atoms with E-state index in [1.54, 1.807) is 25.1 Å². The van der Waals surface area contributed by atoms with Crippen molar-refractivity contribution in [2.24, 2.45) is 0 Å². The number of ether oxygens (including phenoxy) is 1. The van der Waals surface area contributed by atoms with Gasteiger partial charge in [0.05, 0.1) is 21.3 Å². The summed E-state index contributed by atoms with van der Waals surface area (Å²) in [5, 5.41) is 4.62. The zero-order chi connectivity index (χ0) is 17.4. The number of carbonyl (C=O) groups excluding carboxylic acids is 3. The third-order valence-electron chi connectivity index (χ3n) is 2.99. The highest BCUT2D eigenvalue weighted by atomic mass is 32.2. The number of carbonyl (C=O) groups is 3. The minimum atomic E-state index is -1.36. The molecule has 0 aliphatic heterocycles. The van der Waals surface area contributed by atoms with Crippen molar-refractivity contribution in [3.63, 3.8) is 0 Å². The molecule has 0 aliphatic carbocycles. The zero-order valence-corrected chi connectivity index (χ0v) is 14.1. The van der Waals surface area contributed by atoms with Crippen LogP contribution in [0.5, 0.6) is 0 Å². The Balaban J connectivity index is 2.55. The van der Waals surface area contributed by atoms with Crippen molar-refractivity contribution < 1.29 is 23.3 Å². The van der Waals surface area contributed by atoms with Crippen LogP contribution in [0.1, 0.15) is 30.6 Å². The normalized spacial score (nSPS) is 12.8. The minimum Gasteiger partial charge on any atom is -0.452 e. The fourth-order valence-corrected chi connectivity index (χ4v) is 2.35. The Morgan fingerprint density at radius 1 is 1.26 bits per heavy atom. The second-order valence-electron chi connectivity index (χ2n) is 4.86. The van der Waals surface area contributed by atoms with Crippen LogP contribution in [0.25, 0.3) is 0 Å². The molecule has 0 aliphatic rings. The Hall–Kier alpha value is -2.22. The van der Waals surface area contributed by atoms with Crippen molar-refractivity contribution in [1.29, 1.82) is 0 Å². The lowest BCUT2D eigenvalue weighted by Gasteiger charge is -2.12. The molecule has 23 heavy (non-hydrogen) atoms. The highest BCUT2D eigenvalue weighted by molar-refractivity contribution is 7.84. The molecule has 0 aromatic heterocycles. The summed E-state index contributed by atoms with van der Waals surface area (Å²) < 4.78 is 16.4. The molecule has 0 radical (unpaired) electrons. The first-order valence-electron chi connectivity index (χ1n) is 7.05. The van der Waals surface area contributed by atoms with E-state index < -0.39 is 35.3 Å². The Morgan fingerprint density at radius 2 is 1.91 bits per heavy atom. The van der Waals surface area contributed by atoms with Gasteiger partial charge in [-0.05, 0) is 25.5 Å². The highest BCUT2D eigenvalue weighted by Gasteiger charge is 2.17. The molecule has 1 aromatic rings. The number of hydrogen-bond donors (Lipinski definition) is 2. The van der Waals surface area contributed by atoms with Crippen LogP contribution in [0.3, 0.4) is 0 Å². The highest BCUT2D eigenvalue weighted by Crippen LogP contribution is 2.13. The Labute approximate surface area is 137 Å². The quantitative estimate of drug-likeness (QED) is 0.758. The van der Waals surface area contributed by atoms with Crippen molar-refractivity contribution in [1.82, 2.24) is 10.6 Å². The summed E-state index contributed by atoms with van der Waals surface area (Å²) in [7, 11) is -1.36. The summed E-state index contributed by atoms with van der Waals surface area (Å²) in [6, 6.07) is 5.55. The van der Waals surface area contributed by atoms with Crippen LogP contribution >= 0.6 is 0 Å². The summed E-state index contributed by atoms with van der Waals surface area (Å²) in [6.45, 7) is 3.09. The maximum atomic E-state index is 11.9. The van der Waals surface area contributed by atoms with Crippen LogP contribution in [0.2, 0.25) is 0 Å². The molecule has 0 unspecified atom stereocenters. The van der Waals surface area contributed by atoms with E-state index in [0.717, 1.165) is 6.42 Å². The van der Waals surface area contributed by atoms with Crippen LogP contribution in [0.4, 0.5) is 4.79 Å². The van der Waals surface area contributed by atoms with Gasteiger partial charge in [0.15, 0.2) is 6.61 Å². The number of nitrogens with one attached hydrogen (secondary N) is 2. The average Bonchev–Trinajstić information content (AvgIpc) is 2.52. The van der Waals surface area contributed by atoms with E-state index in [2.05, 4.69) is 10.6 Å². The van der Waals surface area contributed by atoms with Crippen LogP contribution in [0, 0.1) is 0 Å². The van der Waals surface area contributed by atoms with Crippen molar-refractivity contribution in [3.8, 4) is 0 Å². The molecule has 0 saturated carbocycles. The van der Waals surface area contributed by atoms with Gasteiger partial charge in [0.2, 0.25) is 0 Å². The van der Waals surface area contributed by atoms with Gasteiger partial charge in [0, 0.05) is 12.3 Å². The molecule has 126 valence electrons. The van der Waals surface area contributed by atoms with Gasteiger partial charge < -0.3 is 10.1 Å². The maximum Gasteiger partial charge on any atom is 0.339 e. The van der Waals surface area contributed by atoms with E-state index in [1.165, 1.54) is 12.3 Å². The minimum absolute atomic E-state index is 0.0724. The van der Waals surface area contributed by atoms with Crippen LogP contribution < -0.4 is 10.6 Å². The first-order valence-corrected chi connectivity index (χ1v) is 8.60. The molecule has 0 fully saturated rings. The number of urea groups is 1. The Kier molecular flexibility index (Phi) is 7.40. The van der Waals surface area contributed by atoms with Gasteiger partial charge in [-0.25, -0.2) is 9.59 Å².